The van der Waals surface area contributed by atoms with Crippen molar-refractivity contribution in [2.75, 3.05) is 0 Å². The fourth-order valence-corrected chi connectivity index (χ4v) is 2.54. The highest BCUT2D eigenvalue weighted by molar-refractivity contribution is 5.91. The third kappa shape index (κ3) is 3.86. The zero-order valence-corrected chi connectivity index (χ0v) is 14.2. The first-order chi connectivity index (χ1) is 12.1. The highest BCUT2D eigenvalue weighted by Gasteiger charge is 2.11. The third-order valence-electron chi connectivity index (χ3n) is 4.06. The molecular formula is C21H19NO3. The molecule has 25 heavy (non-hydrogen) atoms. The minimum atomic E-state index is -0.941. The maximum atomic E-state index is 11.3. The van der Waals surface area contributed by atoms with Crippen LogP contribution >= 0.6 is 0 Å². The molecule has 0 aliphatic carbocycles. The summed E-state index contributed by atoms with van der Waals surface area (Å²) in [6.45, 7) is 3.89. The zero-order chi connectivity index (χ0) is 17.8. The van der Waals surface area contributed by atoms with Crippen molar-refractivity contribution in [1.29, 1.82) is 0 Å². The summed E-state index contributed by atoms with van der Waals surface area (Å²) in [7, 11) is 0. The molecule has 0 atom stereocenters. The Balaban J connectivity index is 1.81. The number of rotatable bonds is 5. The molecule has 0 unspecified atom stereocenters. The number of aliphatic imine (C=N–C) groups is 1. The van der Waals surface area contributed by atoms with Crippen LogP contribution in [0.2, 0.25) is 0 Å². The normalized spacial score (nSPS) is 11.1. The van der Waals surface area contributed by atoms with E-state index in [2.05, 4.69) is 24.0 Å². The number of carboxylic acids is 1. The summed E-state index contributed by atoms with van der Waals surface area (Å²) in [6, 6.07) is 16.9. The van der Waals surface area contributed by atoms with Crippen LogP contribution in [-0.2, 0) is 6.42 Å². The molecule has 0 saturated carbocycles. The Labute approximate surface area is 146 Å². The maximum absolute atomic E-state index is 11.3. The molecule has 3 aromatic rings. The maximum Gasteiger partial charge on any atom is 0.335 e. The molecule has 1 N–H and O–H groups in total. The fourth-order valence-electron chi connectivity index (χ4n) is 2.54. The van der Waals surface area contributed by atoms with Gasteiger partial charge in [0.2, 0.25) is 0 Å². The second kappa shape index (κ2) is 7.18. The van der Waals surface area contributed by atoms with Crippen LogP contribution in [-0.4, -0.2) is 17.3 Å². The van der Waals surface area contributed by atoms with Gasteiger partial charge in [0.15, 0.2) is 0 Å². The number of benzene rings is 2. The topological polar surface area (TPSA) is 62.8 Å². The predicted octanol–water partition coefficient (Wildman–Crippen LogP) is 5.27. The smallest absolute Gasteiger partial charge is 0.335 e. The minimum Gasteiger partial charge on any atom is -0.478 e. The number of hydrogen-bond acceptors (Lipinski definition) is 3. The summed E-state index contributed by atoms with van der Waals surface area (Å²) in [5, 5.41) is 9.24. The van der Waals surface area contributed by atoms with Crippen molar-refractivity contribution in [3.63, 3.8) is 0 Å². The van der Waals surface area contributed by atoms with E-state index in [0.717, 1.165) is 23.2 Å². The number of aryl methyl sites for hydroxylation is 2. The molecule has 0 amide bonds. The van der Waals surface area contributed by atoms with E-state index in [9.17, 15) is 9.90 Å². The molecule has 4 heteroatoms. The summed E-state index contributed by atoms with van der Waals surface area (Å²) in [5.41, 5.74) is 3.86. The molecule has 0 aliphatic heterocycles. The van der Waals surface area contributed by atoms with Gasteiger partial charge in [0.1, 0.15) is 11.5 Å². The van der Waals surface area contributed by atoms with E-state index >= 15 is 0 Å². The van der Waals surface area contributed by atoms with Crippen molar-refractivity contribution in [3.8, 4) is 11.3 Å². The Hall–Kier alpha value is -3.14. The first kappa shape index (κ1) is 16.7. The van der Waals surface area contributed by atoms with Crippen LogP contribution in [0, 0.1) is 6.92 Å². The average Bonchev–Trinajstić information content (AvgIpc) is 3.09. The summed E-state index contributed by atoms with van der Waals surface area (Å²) in [5.74, 6) is 0.292. The van der Waals surface area contributed by atoms with Crippen molar-refractivity contribution >= 4 is 17.9 Å². The molecule has 1 aromatic heterocycles. The average molecular weight is 333 g/mol. The highest BCUT2D eigenvalue weighted by atomic mass is 16.4. The van der Waals surface area contributed by atoms with Gasteiger partial charge in [-0.25, -0.2) is 4.79 Å². The fraction of sp³-hybridized carbons (Fsp3) is 0.143. The largest absolute Gasteiger partial charge is 0.478 e. The molecule has 0 saturated heterocycles. The predicted molar refractivity (Wildman–Crippen MR) is 98.9 cm³/mol. The zero-order valence-electron chi connectivity index (χ0n) is 14.2. The summed E-state index contributed by atoms with van der Waals surface area (Å²) < 4.78 is 5.77. The lowest BCUT2D eigenvalue weighted by atomic mass is 10.0. The molecule has 3 rings (SSSR count). The summed E-state index contributed by atoms with van der Waals surface area (Å²) in [4.78, 5) is 15.7. The quantitative estimate of drug-likeness (QED) is 0.647. The summed E-state index contributed by atoms with van der Waals surface area (Å²) in [6.07, 6.45) is 2.66. The van der Waals surface area contributed by atoms with E-state index in [0.29, 0.717) is 11.5 Å². The van der Waals surface area contributed by atoms with Gasteiger partial charge in [0.05, 0.1) is 17.5 Å². The number of furan rings is 1. The van der Waals surface area contributed by atoms with Crippen molar-refractivity contribution in [3.05, 3.63) is 77.0 Å². The van der Waals surface area contributed by atoms with Crippen LogP contribution < -0.4 is 0 Å². The minimum absolute atomic E-state index is 0.278. The van der Waals surface area contributed by atoms with Gasteiger partial charge in [-0.15, -0.1) is 0 Å². The van der Waals surface area contributed by atoms with E-state index in [1.807, 2.05) is 30.3 Å². The molecule has 0 fully saturated rings. The van der Waals surface area contributed by atoms with Crippen molar-refractivity contribution in [2.45, 2.75) is 20.3 Å². The van der Waals surface area contributed by atoms with Gasteiger partial charge in [-0.3, -0.25) is 4.99 Å². The van der Waals surface area contributed by atoms with Gasteiger partial charge >= 0.3 is 5.97 Å². The number of nitrogens with zero attached hydrogens (tertiary/aromatic N) is 1. The Bertz CT molecular complexity index is 921. The lowest BCUT2D eigenvalue weighted by Crippen LogP contribution is -1.99. The van der Waals surface area contributed by atoms with Gasteiger partial charge in [-0.2, -0.15) is 0 Å². The standard InChI is InChI=1S/C21H19NO3/c1-3-15-5-8-17(9-6-15)22-13-18-10-11-20(25-18)16-7-4-14(2)19(12-16)21(23)24/h4-13H,3H2,1-2H3,(H,23,24). The van der Waals surface area contributed by atoms with Crippen LogP contribution in [0.25, 0.3) is 11.3 Å². The van der Waals surface area contributed by atoms with Gasteiger partial charge in [0.25, 0.3) is 0 Å². The number of aromatic carboxylic acids is 1. The second-order valence-corrected chi connectivity index (χ2v) is 5.82. The molecule has 126 valence electrons. The van der Waals surface area contributed by atoms with E-state index in [1.54, 1.807) is 25.3 Å². The Morgan fingerprint density at radius 3 is 2.56 bits per heavy atom. The van der Waals surface area contributed by atoms with Crippen LogP contribution in [0.1, 0.15) is 34.2 Å². The van der Waals surface area contributed by atoms with Crippen LogP contribution in [0.3, 0.4) is 0 Å². The van der Waals surface area contributed by atoms with Crippen molar-refractivity contribution in [1.82, 2.24) is 0 Å². The Morgan fingerprint density at radius 2 is 1.88 bits per heavy atom. The second-order valence-electron chi connectivity index (χ2n) is 5.82. The number of carbonyl (C=O) groups is 1. The molecule has 2 aromatic carbocycles. The lowest BCUT2D eigenvalue weighted by molar-refractivity contribution is 0.0696. The van der Waals surface area contributed by atoms with Gasteiger partial charge < -0.3 is 9.52 Å². The van der Waals surface area contributed by atoms with Gasteiger partial charge in [-0.1, -0.05) is 31.2 Å². The van der Waals surface area contributed by atoms with Crippen LogP contribution in [0.5, 0.6) is 0 Å². The molecular weight excluding hydrogens is 314 g/mol. The third-order valence-corrected chi connectivity index (χ3v) is 4.06. The molecule has 0 bridgehead atoms. The van der Waals surface area contributed by atoms with E-state index in [-0.39, 0.29) is 5.56 Å². The first-order valence-corrected chi connectivity index (χ1v) is 8.14. The van der Waals surface area contributed by atoms with E-state index in [1.165, 1.54) is 5.56 Å². The number of hydrogen-bond donors (Lipinski definition) is 1. The van der Waals surface area contributed by atoms with E-state index < -0.39 is 5.97 Å². The Morgan fingerprint density at radius 1 is 1.12 bits per heavy atom. The first-order valence-electron chi connectivity index (χ1n) is 8.14. The Kier molecular flexibility index (Phi) is 4.80. The number of carboxylic acid groups (broad SMARTS) is 1. The summed E-state index contributed by atoms with van der Waals surface area (Å²) >= 11 is 0. The molecule has 0 radical (unpaired) electrons. The van der Waals surface area contributed by atoms with Crippen LogP contribution in [0.4, 0.5) is 5.69 Å². The van der Waals surface area contributed by atoms with Crippen LogP contribution in [0.15, 0.2) is 64.0 Å². The lowest BCUT2D eigenvalue weighted by Gasteiger charge is -2.03. The van der Waals surface area contributed by atoms with Gasteiger partial charge in [-0.05, 0) is 54.8 Å². The monoisotopic (exact) mass is 333 g/mol. The van der Waals surface area contributed by atoms with E-state index in [4.69, 9.17) is 4.42 Å². The van der Waals surface area contributed by atoms with Crippen molar-refractivity contribution in [2.24, 2.45) is 4.99 Å². The molecule has 0 spiro atoms. The van der Waals surface area contributed by atoms with Gasteiger partial charge in [0, 0.05) is 5.56 Å². The molecule has 1 heterocycles. The highest BCUT2D eigenvalue weighted by Crippen LogP contribution is 2.24. The van der Waals surface area contributed by atoms with Crippen molar-refractivity contribution < 1.29 is 14.3 Å². The molecule has 4 nitrogen and oxygen atoms in total. The SMILES string of the molecule is CCc1ccc(N=Cc2ccc(-c3ccc(C)c(C(=O)O)c3)o2)cc1. The molecule has 0 aliphatic rings.